The summed E-state index contributed by atoms with van der Waals surface area (Å²) in [4.78, 5) is 0. The molecular formula is C14H18N2. The van der Waals surface area contributed by atoms with E-state index in [9.17, 15) is 0 Å². The zero-order valence-corrected chi connectivity index (χ0v) is 10.4. The van der Waals surface area contributed by atoms with Gasteiger partial charge in [-0.05, 0) is 24.5 Å². The average molecular weight is 214 g/mol. The number of aryl methyl sites for hydroxylation is 2. The molecule has 0 N–H and O–H groups in total. The van der Waals surface area contributed by atoms with Crippen molar-refractivity contribution in [1.82, 2.24) is 9.78 Å². The Morgan fingerprint density at radius 3 is 2.25 bits per heavy atom. The average Bonchev–Trinajstić information content (AvgIpc) is 2.62. The number of aromatic nitrogens is 2. The predicted octanol–water partition coefficient (Wildman–Crippen LogP) is 3.52. The van der Waals surface area contributed by atoms with Gasteiger partial charge in [0.1, 0.15) is 0 Å². The molecule has 0 amide bonds. The zero-order chi connectivity index (χ0) is 11.7. The smallest absolute Gasteiger partial charge is 0.0681 e. The van der Waals surface area contributed by atoms with Crippen molar-refractivity contribution in [3.8, 4) is 11.3 Å². The van der Waals surface area contributed by atoms with Crippen LogP contribution in [0.3, 0.4) is 0 Å². The summed E-state index contributed by atoms with van der Waals surface area (Å²) in [5.41, 5.74) is 4.85. The van der Waals surface area contributed by atoms with E-state index < -0.39 is 0 Å². The van der Waals surface area contributed by atoms with Crippen molar-refractivity contribution in [2.45, 2.75) is 26.7 Å². The van der Waals surface area contributed by atoms with Crippen molar-refractivity contribution in [1.29, 1.82) is 0 Å². The Hall–Kier alpha value is -1.57. The lowest BCUT2D eigenvalue weighted by atomic mass is 10.1. The quantitative estimate of drug-likeness (QED) is 0.748. The van der Waals surface area contributed by atoms with Gasteiger partial charge in [0, 0.05) is 7.05 Å². The summed E-state index contributed by atoms with van der Waals surface area (Å²) in [5.74, 6) is 0.477. The van der Waals surface area contributed by atoms with Crippen LogP contribution in [-0.4, -0.2) is 9.78 Å². The van der Waals surface area contributed by atoms with Gasteiger partial charge >= 0.3 is 0 Å². The Balaban J connectivity index is 2.44. The Kier molecular flexibility index (Phi) is 2.82. The second-order valence-corrected chi connectivity index (χ2v) is 4.60. The van der Waals surface area contributed by atoms with E-state index in [1.54, 1.807) is 0 Å². The minimum absolute atomic E-state index is 0.477. The van der Waals surface area contributed by atoms with Gasteiger partial charge in [0.2, 0.25) is 0 Å². The summed E-state index contributed by atoms with van der Waals surface area (Å²) < 4.78 is 1.96. The first kappa shape index (κ1) is 10.9. The molecular weight excluding hydrogens is 196 g/mol. The molecule has 0 fully saturated rings. The molecule has 0 aliphatic rings. The van der Waals surface area contributed by atoms with E-state index in [1.807, 2.05) is 11.7 Å². The highest BCUT2D eigenvalue weighted by atomic mass is 15.3. The van der Waals surface area contributed by atoms with Gasteiger partial charge in [0.05, 0.1) is 11.4 Å². The van der Waals surface area contributed by atoms with Crippen LogP contribution in [0.4, 0.5) is 0 Å². The Bertz CT molecular complexity index is 478. The predicted molar refractivity (Wildman–Crippen MR) is 67.5 cm³/mol. The second-order valence-electron chi connectivity index (χ2n) is 4.60. The molecule has 84 valence electrons. The van der Waals surface area contributed by atoms with Crippen LogP contribution in [0.1, 0.15) is 31.0 Å². The fourth-order valence-corrected chi connectivity index (χ4v) is 1.77. The maximum absolute atomic E-state index is 4.53. The fraction of sp³-hybridized carbons (Fsp3) is 0.357. The molecule has 1 aromatic carbocycles. The first-order chi connectivity index (χ1) is 7.58. The first-order valence-corrected chi connectivity index (χ1v) is 5.69. The second kappa shape index (κ2) is 4.12. The molecule has 0 saturated heterocycles. The molecule has 0 unspecified atom stereocenters. The lowest BCUT2D eigenvalue weighted by molar-refractivity contribution is 0.717. The Morgan fingerprint density at radius 2 is 1.75 bits per heavy atom. The minimum Gasteiger partial charge on any atom is -0.268 e. The Morgan fingerprint density at radius 1 is 1.12 bits per heavy atom. The van der Waals surface area contributed by atoms with Gasteiger partial charge in [0.15, 0.2) is 0 Å². The molecule has 0 saturated carbocycles. The lowest BCUT2D eigenvalue weighted by Gasteiger charge is -2.01. The van der Waals surface area contributed by atoms with E-state index in [0.29, 0.717) is 5.92 Å². The fourth-order valence-electron chi connectivity index (χ4n) is 1.77. The highest BCUT2D eigenvalue weighted by Crippen LogP contribution is 2.23. The number of rotatable bonds is 2. The summed E-state index contributed by atoms with van der Waals surface area (Å²) in [5, 5.41) is 4.53. The standard InChI is InChI=1S/C14H18N2/c1-10(2)13-9-14(16(4)15-13)12-7-5-11(3)6-8-12/h5-10H,1-4H3. The van der Waals surface area contributed by atoms with Crippen LogP contribution < -0.4 is 0 Å². The van der Waals surface area contributed by atoms with Gasteiger partial charge < -0.3 is 0 Å². The van der Waals surface area contributed by atoms with Gasteiger partial charge in [0.25, 0.3) is 0 Å². The van der Waals surface area contributed by atoms with Crippen molar-refractivity contribution in [2.75, 3.05) is 0 Å². The third-order valence-corrected chi connectivity index (χ3v) is 2.84. The van der Waals surface area contributed by atoms with E-state index in [4.69, 9.17) is 0 Å². The summed E-state index contributed by atoms with van der Waals surface area (Å²) in [6, 6.07) is 10.7. The SMILES string of the molecule is Cc1ccc(-c2cc(C(C)C)nn2C)cc1. The zero-order valence-electron chi connectivity index (χ0n) is 10.4. The van der Waals surface area contributed by atoms with Gasteiger partial charge in [-0.2, -0.15) is 5.10 Å². The summed E-state index contributed by atoms with van der Waals surface area (Å²) in [7, 11) is 2.00. The maximum Gasteiger partial charge on any atom is 0.0681 e. The first-order valence-electron chi connectivity index (χ1n) is 5.69. The normalized spacial score (nSPS) is 11.1. The van der Waals surface area contributed by atoms with Crippen molar-refractivity contribution in [3.05, 3.63) is 41.6 Å². The summed E-state index contributed by atoms with van der Waals surface area (Å²) in [6.45, 7) is 6.44. The van der Waals surface area contributed by atoms with Crippen molar-refractivity contribution in [2.24, 2.45) is 7.05 Å². The van der Waals surface area contributed by atoms with Crippen LogP contribution in [0.5, 0.6) is 0 Å². The van der Waals surface area contributed by atoms with Crippen LogP contribution in [0, 0.1) is 6.92 Å². The van der Waals surface area contributed by atoms with Gasteiger partial charge in [-0.25, -0.2) is 0 Å². The van der Waals surface area contributed by atoms with Gasteiger partial charge in [-0.3, -0.25) is 4.68 Å². The van der Waals surface area contributed by atoms with Crippen LogP contribution in [0.2, 0.25) is 0 Å². The van der Waals surface area contributed by atoms with Gasteiger partial charge in [-0.1, -0.05) is 43.7 Å². The molecule has 0 atom stereocenters. The summed E-state index contributed by atoms with van der Waals surface area (Å²) >= 11 is 0. The molecule has 1 heterocycles. The molecule has 0 aliphatic heterocycles. The number of nitrogens with zero attached hydrogens (tertiary/aromatic N) is 2. The van der Waals surface area contributed by atoms with E-state index >= 15 is 0 Å². The molecule has 0 bridgehead atoms. The highest BCUT2D eigenvalue weighted by molar-refractivity contribution is 5.60. The van der Waals surface area contributed by atoms with Crippen molar-refractivity contribution in [3.63, 3.8) is 0 Å². The molecule has 2 rings (SSSR count). The molecule has 16 heavy (non-hydrogen) atoms. The minimum atomic E-state index is 0.477. The van der Waals surface area contributed by atoms with Crippen LogP contribution >= 0.6 is 0 Å². The van der Waals surface area contributed by atoms with E-state index in [0.717, 1.165) is 5.69 Å². The van der Waals surface area contributed by atoms with E-state index in [2.05, 4.69) is 56.2 Å². The summed E-state index contributed by atoms with van der Waals surface area (Å²) in [6.07, 6.45) is 0. The van der Waals surface area contributed by atoms with E-state index in [-0.39, 0.29) is 0 Å². The monoisotopic (exact) mass is 214 g/mol. The third kappa shape index (κ3) is 2.01. The van der Waals surface area contributed by atoms with Crippen LogP contribution in [0.15, 0.2) is 30.3 Å². The van der Waals surface area contributed by atoms with Crippen LogP contribution in [-0.2, 0) is 7.05 Å². The number of benzene rings is 1. The third-order valence-electron chi connectivity index (χ3n) is 2.84. The Labute approximate surface area is 96.9 Å². The topological polar surface area (TPSA) is 17.8 Å². The van der Waals surface area contributed by atoms with Crippen LogP contribution in [0.25, 0.3) is 11.3 Å². The molecule has 2 nitrogen and oxygen atoms in total. The number of hydrogen-bond donors (Lipinski definition) is 0. The van der Waals surface area contributed by atoms with Gasteiger partial charge in [-0.15, -0.1) is 0 Å². The molecule has 0 spiro atoms. The largest absolute Gasteiger partial charge is 0.268 e. The van der Waals surface area contributed by atoms with Crippen molar-refractivity contribution >= 4 is 0 Å². The van der Waals surface area contributed by atoms with Crippen molar-refractivity contribution < 1.29 is 0 Å². The lowest BCUT2D eigenvalue weighted by Crippen LogP contribution is -1.95. The maximum atomic E-state index is 4.53. The highest BCUT2D eigenvalue weighted by Gasteiger charge is 2.09. The molecule has 0 radical (unpaired) electrons. The molecule has 1 aromatic heterocycles. The molecule has 0 aliphatic carbocycles. The molecule has 2 aromatic rings. The van der Waals surface area contributed by atoms with E-state index in [1.165, 1.54) is 16.8 Å². The molecule has 2 heteroatoms. The number of hydrogen-bond acceptors (Lipinski definition) is 1.